The highest BCUT2D eigenvalue weighted by atomic mass is 35.5. The zero-order chi connectivity index (χ0) is 13.9. The summed E-state index contributed by atoms with van der Waals surface area (Å²) < 4.78 is 0. The van der Waals surface area contributed by atoms with Crippen molar-refractivity contribution in [1.29, 1.82) is 5.26 Å². The van der Waals surface area contributed by atoms with Gasteiger partial charge in [-0.05, 0) is 56.6 Å². The Morgan fingerprint density at radius 2 is 2.05 bits per heavy atom. The number of hydrogen-bond donors (Lipinski definition) is 1. The Kier molecular flexibility index (Phi) is 4.34. The van der Waals surface area contributed by atoms with Gasteiger partial charge in [-0.25, -0.2) is 0 Å². The lowest BCUT2D eigenvalue weighted by molar-refractivity contribution is 0.123. The zero-order valence-electron chi connectivity index (χ0n) is 11.2. The van der Waals surface area contributed by atoms with Crippen molar-refractivity contribution in [3.05, 3.63) is 28.8 Å². The van der Waals surface area contributed by atoms with E-state index in [-0.39, 0.29) is 5.75 Å². The second-order valence-electron chi connectivity index (χ2n) is 5.38. The lowest BCUT2D eigenvalue weighted by atomic mass is 9.90. The smallest absolute Gasteiger partial charge is 0.118 e. The maximum Gasteiger partial charge on any atom is 0.118 e. The fourth-order valence-electron chi connectivity index (χ4n) is 2.68. The Bertz CT molecular complexity index is 491. The van der Waals surface area contributed by atoms with Crippen molar-refractivity contribution >= 4 is 11.6 Å². The number of phenols is 1. The number of nitriles is 1. The molecule has 102 valence electrons. The summed E-state index contributed by atoms with van der Waals surface area (Å²) in [6.07, 6.45) is 4.01. The quantitative estimate of drug-likeness (QED) is 0.922. The number of halogens is 1. The van der Waals surface area contributed by atoms with Crippen LogP contribution in [-0.2, 0) is 6.42 Å². The summed E-state index contributed by atoms with van der Waals surface area (Å²) in [6.45, 7) is 3.84. The highest BCUT2D eigenvalue weighted by Crippen LogP contribution is 2.29. The van der Waals surface area contributed by atoms with Crippen LogP contribution in [0.2, 0.25) is 5.02 Å². The minimum absolute atomic E-state index is 0.211. The first kappa shape index (κ1) is 14.2. The fourth-order valence-corrected chi connectivity index (χ4v) is 2.87. The molecule has 1 unspecified atom stereocenters. The van der Waals surface area contributed by atoms with Crippen molar-refractivity contribution in [3.8, 4) is 11.8 Å². The molecular weight excluding hydrogens is 260 g/mol. The molecule has 1 aromatic rings. The van der Waals surface area contributed by atoms with E-state index in [0.717, 1.165) is 31.5 Å². The van der Waals surface area contributed by atoms with Gasteiger partial charge in [-0.15, -0.1) is 0 Å². The van der Waals surface area contributed by atoms with Gasteiger partial charge in [-0.3, -0.25) is 4.90 Å². The van der Waals surface area contributed by atoms with E-state index in [1.165, 1.54) is 6.42 Å². The lowest BCUT2D eigenvalue weighted by Gasteiger charge is -2.38. The van der Waals surface area contributed by atoms with Crippen LogP contribution in [0.4, 0.5) is 0 Å². The van der Waals surface area contributed by atoms with Gasteiger partial charge in [0.1, 0.15) is 11.3 Å². The summed E-state index contributed by atoms with van der Waals surface area (Å²) >= 11 is 5.97. The monoisotopic (exact) mass is 278 g/mol. The van der Waals surface area contributed by atoms with E-state index in [1.54, 1.807) is 18.2 Å². The SMILES string of the molecule is CC(C#N)(Cc1cc(Cl)ccc1O)N1CCCCC1. The van der Waals surface area contributed by atoms with Crippen LogP contribution in [0.15, 0.2) is 18.2 Å². The number of phenolic OH excluding ortho intramolecular Hbond substituents is 1. The molecule has 1 aliphatic heterocycles. The molecule has 1 heterocycles. The van der Waals surface area contributed by atoms with Crippen LogP contribution in [-0.4, -0.2) is 28.6 Å². The molecule has 0 radical (unpaired) electrons. The number of hydrogen-bond acceptors (Lipinski definition) is 3. The third-order valence-electron chi connectivity index (χ3n) is 3.87. The molecule has 19 heavy (non-hydrogen) atoms. The van der Waals surface area contributed by atoms with Gasteiger partial charge in [0.05, 0.1) is 6.07 Å². The van der Waals surface area contributed by atoms with Crippen molar-refractivity contribution in [2.24, 2.45) is 0 Å². The van der Waals surface area contributed by atoms with Crippen LogP contribution in [0, 0.1) is 11.3 Å². The minimum Gasteiger partial charge on any atom is -0.508 e. The first-order valence-electron chi connectivity index (χ1n) is 6.69. The van der Waals surface area contributed by atoms with E-state index < -0.39 is 5.54 Å². The van der Waals surface area contributed by atoms with Gasteiger partial charge in [0.2, 0.25) is 0 Å². The van der Waals surface area contributed by atoms with Crippen molar-refractivity contribution in [2.75, 3.05) is 13.1 Å². The Labute approximate surface area is 119 Å². The predicted octanol–water partition coefficient (Wildman–Crippen LogP) is 3.36. The van der Waals surface area contributed by atoms with Crippen LogP contribution in [0.25, 0.3) is 0 Å². The Balaban J connectivity index is 2.22. The van der Waals surface area contributed by atoms with E-state index in [9.17, 15) is 10.4 Å². The Morgan fingerprint density at radius 1 is 1.37 bits per heavy atom. The van der Waals surface area contributed by atoms with Gasteiger partial charge in [0.15, 0.2) is 0 Å². The maximum atomic E-state index is 9.91. The molecule has 0 aromatic heterocycles. The highest BCUT2D eigenvalue weighted by Gasteiger charge is 2.33. The normalized spacial score (nSPS) is 19.6. The number of nitrogens with zero attached hydrogens (tertiary/aromatic N) is 2. The molecule has 1 fully saturated rings. The molecule has 0 aliphatic carbocycles. The maximum absolute atomic E-state index is 9.91. The molecular formula is C15H19ClN2O. The topological polar surface area (TPSA) is 47.3 Å². The summed E-state index contributed by atoms with van der Waals surface area (Å²) in [5.74, 6) is 0.211. The molecule has 1 aliphatic rings. The standard InChI is InChI=1S/C15H19ClN2O/c1-15(11-17,18-7-3-2-4-8-18)10-12-9-13(16)5-6-14(12)19/h5-6,9,19H,2-4,7-8,10H2,1H3. The van der Waals surface area contributed by atoms with E-state index in [0.29, 0.717) is 11.4 Å². The number of rotatable bonds is 3. The molecule has 0 bridgehead atoms. The zero-order valence-corrected chi connectivity index (χ0v) is 12.0. The number of likely N-dealkylation sites (tertiary alicyclic amines) is 1. The largest absolute Gasteiger partial charge is 0.508 e. The molecule has 0 amide bonds. The Hall–Kier alpha value is -1.24. The summed E-state index contributed by atoms with van der Waals surface area (Å²) in [7, 11) is 0. The number of benzene rings is 1. The van der Waals surface area contributed by atoms with Crippen LogP contribution in [0.1, 0.15) is 31.7 Å². The molecule has 1 atom stereocenters. The second kappa shape index (κ2) is 5.81. The van der Waals surface area contributed by atoms with Crippen molar-refractivity contribution < 1.29 is 5.11 Å². The summed E-state index contributed by atoms with van der Waals surface area (Å²) in [5.41, 5.74) is 0.157. The third-order valence-corrected chi connectivity index (χ3v) is 4.11. The van der Waals surface area contributed by atoms with Gasteiger partial charge < -0.3 is 5.11 Å². The van der Waals surface area contributed by atoms with Gasteiger partial charge in [-0.1, -0.05) is 18.0 Å². The number of piperidine rings is 1. The van der Waals surface area contributed by atoms with E-state index in [2.05, 4.69) is 11.0 Å². The predicted molar refractivity (Wildman–Crippen MR) is 76.3 cm³/mol. The van der Waals surface area contributed by atoms with Crippen LogP contribution >= 0.6 is 11.6 Å². The summed E-state index contributed by atoms with van der Waals surface area (Å²) in [5, 5.41) is 20.0. The minimum atomic E-state index is -0.581. The second-order valence-corrected chi connectivity index (χ2v) is 5.82. The molecule has 0 saturated carbocycles. The molecule has 0 spiro atoms. The lowest BCUT2D eigenvalue weighted by Crippen LogP contribution is -2.49. The van der Waals surface area contributed by atoms with Crippen molar-refractivity contribution in [2.45, 2.75) is 38.1 Å². The molecule has 3 nitrogen and oxygen atoms in total. The third kappa shape index (κ3) is 3.20. The van der Waals surface area contributed by atoms with Gasteiger partial charge in [0.25, 0.3) is 0 Å². The van der Waals surface area contributed by atoms with Crippen LogP contribution in [0.5, 0.6) is 5.75 Å². The Morgan fingerprint density at radius 3 is 2.68 bits per heavy atom. The van der Waals surface area contributed by atoms with Crippen LogP contribution < -0.4 is 0 Å². The highest BCUT2D eigenvalue weighted by molar-refractivity contribution is 6.30. The van der Waals surface area contributed by atoms with Crippen molar-refractivity contribution in [3.63, 3.8) is 0 Å². The molecule has 2 rings (SSSR count). The van der Waals surface area contributed by atoms with Crippen LogP contribution in [0.3, 0.4) is 0 Å². The van der Waals surface area contributed by atoms with Gasteiger partial charge in [-0.2, -0.15) is 5.26 Å². The average Bonchev–Trinajstić information content (AvgIpc) is 2.44. The number of aromatic hydroxyl groups is 1. The molecule has 4 heteroatoms. The molecule has 1 aromatic carbocycles. The first-order valence-corrected chi connectivity index (χ1v) is 7.07. The van der Waals surface area contributed by atoms with Crippen molar-refractivity contribution in [1.82, 2.24) is 4.90 Å². The average molecular weight is 279 g/mol. The fraction of sp³-hybridized carbons (Fsp3) is 0.533. The summed E-state index contributed by atoms with van der Waals surface area (Å²) in [6, 6.07) is 7.41. The van der Waals surface area contributed by atoms with E-state index in [4.69, 9.17) is 11.6 Å². The van der Waals surface area contributed by atoms with Gasteiger partial charge >= 0.3 is 0 Å². The van der Waals surface area contributed by atoms with E-state index >= 15 is 0 Å². The molecule has 1 saturated heterocycles. The van der Waals surface area contributed by atoms with E-state index in [1.807, 2.05) is 6.92 Å². The van der Waals surface area contributed by atoms with Gasteiger partial charge in [0, 0.05) is 11.4 Å². The molecule has 1 N–H and O–H groups in total. The first-order chi connectivity index (χ1) is 9.05. The summed E-state index contributed by atoms with van der Waals surface area (Å²) in [4.78, 5) is 2.22.